The Bertz CT molecular complexity index is 594. The van der Waals surface area contributed by atoms with E-state index in [1.165, 1.54) is 0 Å². The quantitative estimate of drug-likeness (QED) is 0.844. The van der Waals surface area contributed by atoms with Crippen LogP contribution in [0.3, 0.4) is 0 Å². The van der Waals surface area contributed by atoms with Crippen molar-refractivity contribution in [1.82, 2.24) is 5.32 Å². The lowest BCUT2D eigenvalue weighted by atomic mass is 10.1. The van der Waals surface area contributed by atoms with E-state index in [0.717, 1.165) is 11.5 Å². The number of furan rings is 1. The molecule has 4 nitrogen and oxygen atoms in total. The molecule has 1 N–H and O–H groups in total. The SMILES string of the molecule is Cc1ccc(C(C)NC(=O)c2ccccc2OCBr)o1. The van der Waals surface area contributed by atoms with Crippen LogP contribution in [0.4, 0.5) is 0 Å². The average Bonchev–Trinajstić information content (AvgIpc) is 2.86. The number of para-hydroxylation sites is 1. The third-order valence-corrected chi connectivity index (χ3v) is 3.11. The van der Waals surface area contributed by atoms with Crippen LogP contribution >= 0.6 is 15.9 Å². The van der Waals surface area contributed by atoms with Gasteiger partial charge in [0.25, 0.3) is 5.91 Å². The summed E-state index contributed by atoms with van der Waals surface area (Å²) < 4.78 is 10.9. The molecule has 20 heavy (non-hydrogen) atoms. The van der Waals surface area contributed by atoms with Gasteiger partial charge in [-0.2, -0.15) is 0 Å². The number of hydrogen-bond acceptors (Lipinski definition) is 3. The Morgan fingerprint density at radius 2 is 2.10 bits per heavy atom. The number of halogens is 1. The van der Waals surface area contributed by atoms with Crippen LogP contribution in [0.15, 0.2) is 40.8 Å². The lowest BCUT2D eigenvalue weighted by Gasteiger charge is -2.13. The molecule has 1 unspecified atom stereocenters. The number of hydrogen-bond donors (Lipinski definition) is 1. The second-order valence-electron chi connectivity index (χ2n) is 4.39. The van der Waals surface area contributed by atoms with Crippen molar-refractivity contribution in [2.75, 3.05) is 5.52 Å². The van der Waals surface area contributed by atoms with Crippen LogP contribution in [0.5, 0.6) is 5.75 Å². The zero-order valence-corrected chi connectivity index (χ0v) is 12.9. The average molecular weight is 338 g/mol. The molecule has 0 radical (unpaired) electrons. The summed E-state index contributed by atoms with van der Waals surface area (Å²) in [6.45, 7) is 3.75. The molecule has 0 fully saturated rings. The van der Waals surface area contributed by atoms with Crippen molar-refractivity contribution in [2.45, 2.75) is 19.9 Å². The van der Waals surface area contributed by atoms with E-state index in [1.54, 1.807) is 18.2 Å². The zero-order chi connectivity index (χ0) is 14.5. The molecule has 0 saturated heterocycles. The van der Waals surface area contributed by atoms with Gasteiger partial charge in [0, 0.05) is 0 Å². The van der Waals surface area contributed by atoms with E-state index in [2.05, 4.69) is 21.2 Å². The fraction of sp³-hybridized carbons (Fsp3) is 0.267. The molecule has 5 heteroatoms. The fourth-order valence-electron chi connectivity index (χ4n) is 1.87. The van der Waals surface area contributed by atoms with Crippen LogP contribution in [-0.2, 0) is 0 Å². The lowest BCUT2D eigenvalue weighted by molar-refractivity contribution is 0.0932. The summed E-state index contributed by atoms with van der Waals surface area (Å²) >= 11 is 3.19. The number of carbonyl (C=O) groups is 1. The molecule has 0 aliphatic heterocycles. The Morgan fingerprint density at radius 3 is 2.75 bits per heavy atom. The molecule has 0 saturated carbocycles. The Kier molecular flexibility index (Phi) is 4.84. The van der Waals surface area contributed by atoms with Crippen molar-refractivity contribution in [2.24, 2.45) is 0 Å². The topological polar surface area (TPSA) is 51.5 Å². The second kappa shape index (κ2) is 6.61. The summed E-state index contributed by atoms with van der Waals surface area (Å²) in [4.78, 5) is 12.3. The van der Waals surface area contributed by atoms with Gasteiger partial charge in [0.05, 0.1) is 11.6 Å². The fourth-order valence-corrected chi connectivity index (χ4v) is 2.12. The molecule has 0 aliphatic rings. The van der Waals surface area contributed by atoms with Crippen molar-refractivity contribution >= 4 is 21.8 Å². The normalized spacial score (nSPS) is 11.9. The predicted octanol–water partition coefficient (Wildman–Crippen LogP) is 3.81. The smallest absolute Gasteiger partial charge is 0.255 e. The Hall–Kier alpha value is -1.75. The van der Waals surface area contributed by atoms with Crippen LogP contribution in [0.25, 0.3) is 0 Å². The molecule has 1 heterocycles. The summed E-state index contributed by atoms with van der Waals surface area (Å²) in [6, 6.07) is 10.7. The minimum Gasteiger partial charge on any atom is -0.482 e. The molecule has 2 aromatic rings. The molecule has 0 spiro atoms. The van der Waals surface area contributed by atoms with Gasteiger partial charge >= 0.3 is 0 Å². The number of rotatable bonds is 5. The first-order valence-corrected chi connectivity index (χ1v) is 7.39. The zero-order valence-electron chi connectivity index (χ0n) is 11.4. The molecule has 1 amide bonds. The van der Waals surface area contributed by atoms with Gasteiger partial charge < -0.3 is 14.5 Å². The molecule has 0 bridgehead atoms. The van der Waals surface area contributed by atoms with E-state index in [1.807, 2.05) is 32.0 Å². The van der Waals surface area contributed by atoms with E-state index >= 15 is 0 Å². The number of benzene rings is 1. The maximum absolute atomic E-state index is 12.3. The Labute approximate surface area is 126 Å². The van der Waals surface area contributed by atoms with Crippen molar-refractivity contribution in [3.8, 4) is 5.75 Å². The molecule has 1 aromatic heterocycles. The molecular weight excluding hydrogens is 322 g/mol. The van der Waals surface area contributed by atoms with E-state index in [9.17, 15) is 4.79 Å². The Balaban J connectivity index is 2.12. The van der Waals surface area contributed by atoms with Gasteiger partial charge in [0.1, 0.15) is 22.8 Å². The third-order valence-electron chi connectivity index (χ3n) is 2.88. The second-order valence-corrected chi connectivity index (χ2v) is 4.85. The van der Waals surface area contributed by atoms with Crippen LogP contribution < -0.4 is 10.1 Å². The van der Waals surface area contributed by atoms with Crippen molar-refractivity contribution < 1.29 is 13.9 Å². The largest absolute Gasteiger partial charge is 0.482 e. The number of nitrogens with one attached hydrogen (secondary N) is 1. The highest BCUT2D eigenvalue weighted by atomic mass is 79.9. The van der Waals surface area contributed by atoms with Crippen molar-refractivity contribution in [3.05, 3.63) is 53.5 Å². The van der Waals surface area contributed by atoms with Gasteiger partial charge in [-0.15, -0.1) is 0 Å². The minimum atomic E-state index is -0.201. The summed E-state index contributed by atoms with van der Waals surface area (Å²) in [5.41, 5.74) is 0.839. The number of amides is 1. The summed E-state index contributed by atoms with van der Waals surface area (Å²) in [5.74, 6) is 1.91. The number of alkyl halides is 1. The van der Waals surface area contributed by atoms with Crippen LogP contribution in [0.1, 0.15) is 34.8 Å². The highest BCUT2D eigenvalue weighted by Gasteiger charge is 2.17. The van der Waals surface area contributed by atoms with Gasteiger partial charge in [0.2, 0.25) is 0 Å². The first kappa shape index (κ1) is 14.7. The maximum atomic E-state index is 12.3. The van der Waals surface area contributed by atoms with Gasteiger partial charge in [-0.25, -0.2) is 0 Å². The number of aryl methyl sites for hydroxylation is 1. The highest BCUT2D eigenvalue weighted by molar-refractivity contribution is 9.09. The summed E-state index contributed by atoms with van der Waals surface area (Å²) in [5, 5.41) is 2.90. The van der Waals surface area contributed by atoms with Crippen LogP contribution in [-0.4, -0.2) is 11.4 Å². The number of ether oxygens (including phenoxy) is 1. The van der Waals surface area contributed by atoms with Gasteiger partial charge in [-0.3, -0.25) is 4.79 Å². The number of carbonyl (C=O) groups excluding carboxylic acids is 1. The molecule has 0 aliphatic carbocycles. The van der Waals surface area contributed by atoms with E-state index in [0.29, 0.717) is 16.8 Å². The van der Waals surface area contributed by atoms with Gasteiger partial charge in [-0.05, 0) is 54.0 Å². The van der Waals surface area contributed by atoms with E-state index in [4.69, 9.17) is 9.15 Å². The van der Waals surface area contributed by atoms with Gasteiger partial charge in [-0.1, -0.05) is 12.1 Å². The predicted molar refractivity (Wildman–Crippen MR) is 80.2 cm³/mol. The molecule has 106 valence electrons. The minimum absolute atomic E-state index is 0.192. The summed E-state index contributed by atoms with van der Waals surface area (Å²) in [7, 11) is 0. The molecule has 1 aromatic carbocycles. The third kappa shape index (κ3) is 3.42. The first-order chi connectivity index (χ1) is 9.61. The standard InChI is InChI=1S/C15H16BrNO3/c1-10-7-8-13(20-10)11(2)17-15(18)12-5-3-4-6-14(12)19-9-16/h3-8,11H,9H2,1-2H3,(H,17,18). The van der Waals surface area contributed by atoms with E-state index < -0.39 is 0 Å². The van der Waals surface area contributed by atoms with Gasteiger partial charge in [0.15, 0.2) is 0 Å². The van der Waals surface area contributed by atoms with Crippen LogP contribution in [0, 0.1) is 6.92 Å². The maximum Gasteiger partial charge on any atom is 0.255 e. The first-order valence-electron chi connectivity index (χ1n) is 6.27. The molecular formula is C15H16BrNO3. The molecule has 2 rings (SSSR count). The lowest BCUT2D eigenvalue weighted by Crippen LogP contribution is -2.26. The van der Waals surface area contributed by atoms with Crippen molar-refractivity contribution in [1.29, 1.82) is 0 Å². The highest BCUT2D eigenvalue weighted by Crippen LogP contribution is 2.21. The van der Waals surface area contributed by atoms with Crippen molar-refractivity contribution in [3.63, 3.8) is 0 Å². The van der Waals surface area contributed by atoms with E-state index in [-0.39, 0.29) is 11.9 Å². The molecule has 1 atom stereocenters. The monoisotopic (exact) mass is 337 g/mol. The summed E-state index contributed by atoms with van der Waals surface area (Å²) in [6.07, 6.45) is 0. The Morgan fingerprint density at radius 1 is 1.35 bits per heavy atom. The van der Waals surface area contributed by atoms with Crippen LogP contribution in [0.2, 0.25) is 0 Å².